The highest BCUT2D eigenvalue weighted by molar-refractivity contribution is 6.31. The molecule has 0 atom stereocenters. The second kappa shape index (κ2) is 10.3. The molecule has 5 heteroatoms. The van der Waals surface area contributed by atoms with Gasteiger partial charge in [0.1, 0.15) is 17.3 Å². The normalized spacial score (nSPS) is 10.8. The first-order chi connectivity index (χ1) is 12.6. The molecule has 0 spiro atoms. The van der Waals surface area contributed by atoms with E-state index in [-0.39, 0.29) is 0 Å². The molecule has 0 saturated heterocycles. The quantitative estimate of drug-likeness (QED) is 0.490. The van der Waals surface area contributed by atoms with E-state index in [0.29, 0.717) is 5.15 Å². The molecule has 1 heterocycles. The van der Waals surface area contributed by atoms with Crippen LogP contribution in [-0.2, 0) is 0 Å². The summed E-state index contributed by atoms with van der Waals surface area (Å²) in [4.78, 5) is 11.1. The maximum atomic E-state index is 6.49. The van der Waals surface area contributed by atoms with Crippen LogP contribution in [0.25, 0.3) is 5.57 Å². The molecule has 1 N–H and O–H groups in total. The fourth-order valence-corrected chi connectivity index (χ4v) is 3.28. The van der Waals surface area contributed by atoms with E-state index >= 15 is 0 Å². The van der Waals surface area contributed by atoms with Crippen molar-refractivity contribution in [2.45, 2.75) is 34.1 Å². The second-order valence-corrected chi connectivity index (χ2v) is 6.79. The summed E-state index contributed by atoms with van der Waals surface area (Å²) in [6.07, 6.45) is 2.57. The molecule has 26 heavy (non-hydrogen) atoms. The summed E-state index contributed by atoms with van der Waals surface area (Å²) in [6, 6.07) is 10.3. The molecule has 140 valence electrons. The van der Waals surface area contributed by atoms with Gasteiger partial charge in [0.2, 0.25) is 0 Å². The maximum absolute atomic E-state index is 6.49. The lowest BCUT2D eigenvalue weighted by Gasteiger charge is -2.19. The maximum Gasteiger partial charge on any atom is 0.142 e. The fourth-order valence-electron chi connectivity index (χ4n) is 3.06. The van der Waals surface area contributed by atoms with Crippen molar-refractivity contribution in [2.75, 3.05) is 31.5 Å². The van der Waals surface area contributed by atoms with Crippen LogP contribution in [-0.4, -0.2) is 41.0 Å². The molecule has 1 aromatic heterocycles. The molecule has 0 radical (unpaired) electrons. The summed E-state index contributed by atoms with van der Waals surface area (Å²) in [7, 11) is 0. The molecular weight excluding hydrogens is 344 g/mol. The largest absolute Gasteiger partial charge is 0.369 e. The first-order valence-electron chi connectivity index (χ1n) is 9.28. The highest BCUT2D eigenvalue weighted by Crippen LogP contribution is 2.34. The molecular formula is C21H29ClN4. The van der Waals surface area contributed by atoms with Crippen LogP contribution in [0.3, 0.4) is 0 Å². The van der Waals surface area contributed by atoms with Crippen molar-refractivity contribution in [3.8, 4) is 0 Å². The van der Waals surface area contributed by atoms with Crippen LogP contribution in [0.15, 0.2) is 42.2 Å². The average molecular weight is 373 g/mol. The highest BCUT2D eigenvalue weighted by atomic mass is 35.5. The lowest BCUT2D eigenvalue weighted by atomic mass is 9.95. The third-order valence-corrected chi connectivity index (χ3v) is 4.74. The molecule has 0 amide bonds. The Morgan fingerprint density at radius 1 is 1.08 bits per heavy atom. The van der Waals surface area contributed by atoms with Crippen molar-refractivity contribution in [3.63, 3.8) is 0 Å². The number of benzene rings is 1. The molecule has 2 rings (SSSR count). The van der Waals surface area contributed by atoms with Crippen molar-refractivity contribution in [3.05, 3.63) is 58.5 Å². The lowest BCUT2D eigenvalue weighted by molar-refractivity contribution is 0.303. The Hall–Kier alpha value is -1.91. The van der Waals surface area contributed by atoms with E-state index in [4.69, 9.17) is 11.6 Å². The van der Waals surface area contributed by atoms with Gasteiger partial charge >= 0.3 is 0 Å². The Morgan fingerprint density at radius 3 is 2.38 bits per heavy atom. The summed E-state index contributed by atoms with van der Waals surface area (Å²) in [5, 5.41) is 3.94. The minimum atomic E-state index is 0.478. The Bertz CT molecular complexity index is 720. The summed E-state index contributed by atoms with van der Waals surface area (Å²) in [6.45, 7) is 12.7. The van der Waals surface area contributed by atoms with Crippen molar-refractivity contribution in [1.82, 2.24) is 14.9 Å². The van der Waals surface area contributed by atoms with E-state index in [1.807, 2.05) is 18.2 Å². The molecule has 2 aromatic rings. The van der Waals surface area contributed by atoms with Gasteiger partial charge in [-0.2, -0.15) is 0 Å². The van der Waals surface area contributed by atoms with E-state index in [1.54, 1.807) is 0 Å². The van der Waals surface area contributed by atoms with Crippen molar-refractivity contribution < 1.29 is 0 Å². The van der Waals surface area contributed by atoms with Gasteiger partial charge in [-0.05, 0) is 51.0 Å². The van der Waals surface area contributed by atoms with Gasteiger partial charge in [0.15, 0.2) is 0 Å². The summed E-state index contributed by atoms with van der Waals surface area (Å²) in [5.41, 5.74) is 4.26. The summed E-state index contributed by atoms with van der Waals surface area (Å²) < 4.78 is 0. The Kier molecular flexibility index (Phi) is 8.07. The van der Waals surface area contributed by atoms with E-state index < -0.39 is 0 Å². The van der Waals surface area contributed by atoms with Gasteiger partial charge in [0, 0.05) is 6.54 Å². The molecule has 1 aromatic carbocycles. The molecule has 0 aliphatic carbocycles. The number of anilines is 1. The van der Waals surface area contributed by atoms with Crippen molar-refractivity contribution in [2.24, 2.45) is 0 Å². The zero-order valence-electron chi connectivity index (χ0n) is 16.2. The van der Waals surface area contributed by atoms with Gasteiger partial charge in [0.25, 0.3) is 0 Å². The van der Waals surface area contributed by atoms with Gasteiger partial charge in [-0.15, -0.1) is 0 Å². The number of hydrogen-bond acceptors (Lipinski definition) is 4. The van der Waals surface area contributed by atoms with Crippen molar-refractivity contribution >= 4 is 23.0 Å². The van der Waals surface area contributed by atoms with Gasteiger partial charge in [0.05, 0.1) is 5.56 Å². The van der Waals surface area contributed by atoms with Crippen LogP contribution in [0.1, 0.15) is 45.2 Å². The minimum absolute atomic E-state index is 0.478. The Labute approximate surface area is 162 Å². The zero-order valence-corrected chi connectivity index (χ0v) is 17.0. The molecule has 0 bridgehead atoms. The van der Waals surface area contributed by atoms with Crippen LogP contribution < -0.4 is 5.32 Å². The van der Waals surface area contributed by atoms with Gasteiger partial charge in [-0.3, -0.25) is 0 Å². The lowest BCUT2D eigenvalue weighted by Crippen LogP contribution is -2.25. The average Bonchev–Trinajstić information content (AvgIpc) is 2.65. The number of rotatable bonds is 9. The Balaban J connectivity index is 2.25. The predicted molar refractivity (Wildman–Crippen MR) is 112 cm³/mol. The minimum Gasteiger partial charge on any atom is -0.369 e. The molecule has 0 fully saturated rings. The van der Waals surface area contributed by atoms with E-state index in [2.05, 4.69) is 60.0 Å². The SMILES string of the molecule is CCN(CC)CCCNc1ncnc(Cl)c1C(=C(C)C)c1ccccc1. The summed E-state index contributed by atoms with van der Waals surface area (Å²) in [5.74, 6) is 0.796. The fraction of sp³-hybridized carbons (Fsp3) is 0.429. The third-order valence-electron chi connectivity index (χ3n) is 4.45. The van der Waals surface area contributed by atoms with E-state index in [9.17, 15) is 0 Å². The monoisotopic (exact) mass is 372 g/mol. The second-order valence-electron chi connectivity index (χ2n) is 6.44. The first-order valence-corrected chi connectivity index (χ1v) is 9.66. The number of nitrogens with one attached hydrogen (secondary N) is 1. The standard InChI is InChI=1S/C21H29ClN4/c1-5-26(6-2)14-10-13-23-21-19(20(22)24-15-25-21)18(16(3)4)17-11-8-7-9-12-17/h7-9,11-12,15H,5-6,10,13-14H2,1-4H3,(H,23,24,25). The molecule has 0 saturated carbocycles. The molecule has 0 aliphatic rings. The number of halogens is 1. The van der Waals surface area contributed by atoms with Gasteiger partial charge in [-0.1, -0.05) is 61.4 Å². The van der Waals surface area contributed by atoms with Gasteiger partial charge in [-0.25, -0.2) is 9.97 Å². The highest BCUT2D eigenvalue weighted by Gasteiger charge is 2.17. The van der Waals surface area contributed by atoms with Crippen LogP contribution >= 0.6 is 11.6 Å². The molecule has 0 aliphatic heterocycles. The van der Waals surface area contributed by atoms with Crippen LogP contribution in [0.5, 0.6) is 0 Å². The van der Waals surface area contributed by atoms with E-state index in [1.165, 1.54) is 11.9 Å². The smallest absolute Gasteiger partial charge is 0.142 e. The van der Waals surface area contributed by atoms with Crippen LogP contribution in [0, 0.1) is 0 Å². The number of aromatic nitrogens is 2. The third kappa shape index (κ3) is 5.29. The first kappa shape index (κ1) is 20.4. The topological polar surface area (TPSA) is 41.0 Å². The van der Waals surface area contributed by atoms with Crippen LogP contribution in [0.4, 0.5) is 5.82 Å². The zero-order chi connectivity index (χ0) is 18.9. The molecule has 4 nitrogen and oxygen atoms in total. The summed E-state index contributed by atoms with van der Waals surface area (Å²) >= 11 is 6.49. The predicted octanol–water partition coefficient (Wildman–Crippen LogP) is 5.12. The Morgan fingerprint density at radius 2 is 1.77 bits per heavy atom. The van der Waals surface area contributed by atoms with Crippen LogP contribution in [0.2, 0.25) is 5.15 Å². The van der Waals surface area contributed by atoms with Gasteiger partial charge < -0.3 is 10.2 Å². The van der Waals surface area contributed by atoms with Crippen molar-refractivity contribution in [1.29, 1.82) is 0 Å². The van der Waals surface area contributed by atoms with E-state index in [0.717, 1.165) is 55.1 Å². The number of allylic oxidation sites excluding steroid dienone is 1. The molecule has 0 unspecified atom stereocenters. The number of hydrogen-bond donors (Lipinski definition) is 1. The number of nitrogens with zero attached hydrogens (tertiary/aromatic N) is 3.